The van der Waals surface area contributed by atoms with Gasteiger partial charge in [0.05, 0.1) is 12.2 Å². The average molecular weight is 208 g/mol. The SMILES string of the molecule is CCCC1CC(C#N)(NC2CC2)CCO1. The summed E-state index contributed by atoms with van der Waals surface area (Å²) >= 11 is 0. The number of rotatable bonds is 4. The first-order valence-corrected chi connectivity index (χ1v) is 6.08. The van der Waals surface area contributed by atoms with E-state index in [0.717, 1.165) is 32.3 Å². The lowest BCUT2D eigenvalue weighted by atomic mass is 9.86. The Morgan fingerprint density at radius 3 is 2.93 bits per heavy atom. The third-order valence-corrected chi connectivity index (χ3v) is 3.34. The van der Waals surface area contributed by atoms with Crippen LogP contribution in [-0.4, -0.2) is 24.3 Å². The van der Waals surface area contributed by atoms with Crippen molar-refractivity contribution in [2.24, 2.45) is 0 Å². The zero-order chi connectivity index (χ0) is 10.7. The number of nitrogens with one attached hydrogen (secondary N) is 1. The molecule has 0 spiro atoms. The molecule has 1 saturated heterocycles. The van der Waals surface area contributed by atoms with Gasteiger partial charge < -0.3 is 4.74 Å². The van der Waals surface area contributed by atoms with Gasteiger partial charge in [-0.1, -0.05) is 13.3 Å². The lowest BCUT2D eigenvalue weighted by molar-refractivity contribution is -0.0190. The van der Waals surface area contributed by atoms with Crippen LogP contribution in [0.5, 0.6) is 0 Å². The van der Waals surface area contributed by atoms with Gasteiger partial charge in [-0.05, 0) is 19.3 Å². The van der Waals surface area contributed by atoms with E-state index < -0.39 is 0 Å². The quantitative estimate of drug-likeness (QED) is 0.768. The third-order valence-electron chi connectivity index (χ3n) is 3.34. The van der Waals surface area contributed by atoms with Gasteiger partial charge in [0.2, 0.25) is 0 Å². The van der Waals surface area contributed by atoms with Crippen LogP contribution in [0.25, 0.3) is 0 Å². The molecule has 1 N–H and O–H groups in total. The molecule has 2 fully saturated rings. The van der Waals surface area contributed by atoms with Gasteiger partial charge in [-0.3, -0.25) is 5.32 Å². The predicted molar refractivity (Wildman–Crippen MR) is 58.4 cm³/mol. The van der Waals surface area contributed by atoms with Gasteiger partial charge >= 0.3 is 0 Å². The Hall–Kier alpha value is -0.590. The molecule has 2 unspecified atom stereocenters. The lowest BCUT2D eigenvalue weighted by Crippen LogP contribution is -2.51. The molecule has 0 radical (unpaired) electrons. The second kappa shape index (κ2) is 4.51. The van der Waals surface area contributed by atoms with Crippen LogP contribution in [0, 0.1) is 11.3 Å². The van der Waals surface area contributed by atoms with Crippen LogP contribution in [0.2, 0.25) is 0 Å². The largest absolute Gasteiger partial charge is 0.378 e. The normalized spacial score (nSPS) is 36.1. The molecule has 2 aliphatic rings. The second-order valence-corrected chi connectivity index (χ2v) is 4.85. The molecular formula is C12H20N2O. The van der Waals surface area contributed by atoms with E-state index >= 15 is 0 Å². The Balaban J connectivity index is 1.94. The molecule has 3 heteroatoms. The summed E-state index contributed by atoms with van der Waals surface area (Å²) in [4.78, 5) is 0. The summed E-state index contributed by atoms with van der Waals surface area (Å²) in [5.74, 6) is 0. The van der Waals surface area contributed by atoms with Gasteiger partial charge in [-0.25, -0.2) is 0 Å². The predicted octanol–water partition coefficient (Wildman–Crippen LogP) is 1.98. The zero-order valence-electron chi connectivity index (χ0n) is 9.46. The van der Waals surface area contributed by atoms with Crippen LogP contribution in [0.15, 0.2) is 0 Å². The Bertz CT molecular complexity index is 255. The highest BCUT2D eigenvalue weighted by molar-refractivity contribution is 5.12. The number of nitrogens with zero attached hydrogens (tertiary/aromatic N) is 1. The molecule has 15 heavy (non-hydrogen) atoms. The van der Waals surface area contributed by atoms with Crippen LogP contribution in [0.1, 0.15) is 45.4 Å². The van der Waals surface area contributed by atoms with E-state index in [1.54, 1.807) is 0 Å². The zero-order valence-corrected chi connectivity index (χ0v) is 9.46. The fraction of sp³-hybridized carbons (Fsp3) is 0.917. The molecular weight excluding hydrogens is 188 g/mol. The number of hydrogen-bond acceptors (Lipinski definition) is 3. The van der Waals surface area contributed by atoms with Gasteiger partial charge in [-0.15, -0.1) is 0 Å². The topological polar surface area (TPSA) is 45.0 Å². The van der Waals surface area contributed by atoms with Gasteiger partial charge in [0, 0.05) is 25.5 Å². The van der Waals surface area contributed by atoms with Crippen molar-refractivity contribution < 1.29 is 4.74 Å². The molecule has 0 aromatic carbocycles. The molecule has 1 saturated carbocycles. The smallest absolute Gasteiger partial charge is 0.111 e. The number of nitriles is 1. The van der Waals surface area contributed by atoms with E-state index in [0.29, 0.717) is 6.04 Å². The van der Waals surface area contributed by atoms with E-state index in [1.807, 2.05) is 0 Å². The van der Waals surface area contributed by atoms with Crippen LogP contribution in [0.4, 0.5) is 0 Å². The average Bonchev–Trinajstić information content (AvgIpc) is 3.03. The summed E-state index contributed by atoms with van der Waals surface area (Å²) in [6, 6.07) is 3.09. The van der Waals surface area contributed by atoms with Crippen molar-refractivity contribution in [3.63, 3.8) is 0 Å². The van der Waals surface area contributed by atoms with Crippen molar-refractivity contribution >= 4 is 0 Å². The van der Waals surface area contributed by atoms with Gasteiger partial charge in [-0.2, -0.15) is 5.26 Å². The van der Waals surface area contributed by atoms with Gasteiger partial charge in [0.25, 0.3) is 0 Å². The summed E-state index contributed by atoms with van der Waals surface area (Å²) in [6.07, 6.45) is 6.69. The molecule has 84 valence electrons. The highest BCUT2D eigenvalue weighted by Gasteiger charge is 2.40. The minimum absolute atomic E-state index is 0.287. The minimum atomic E-state index is -0.292. The van der Waals surface area contributed by atoms with Crippen LogP contribution >= 0.6 is 0 Å². The summed E-state index contributed by atoms with van der Waals surface area (Å²) in [5, 5.41) is 12.8. The van der Waals surface area contributed by atoms with Gasteiger partial charge in [0.15, 0.2) is 0 Å². The van der Waals surface area contributed by atoms with Gasteiger partial charge in [0.1, 0.15) is 5.54 Å². The summed E-state index contributed by atoms with van der Waals surface area (Å²) in [6.45, 7) is 2.90. The fourth-order valence-corrected chi connectivity index (χ4v) is 2.34. The highest BCUT2D eigenvalue weighted by Crippen LogP contribution is 2.31. The first kappa shape index (κ1) is 10.9. The van der Waals surface area contributed by atoms with Crippen molar-refractivity contribution in [2.75, 3.05) is 6.61 Å². The van der Waals surface area contributed by atoms with Crippen molar-refractivity contribution in [1.29, 1.82) is 5.26 Å². The maximum Gasteiger partial charge on any atom is 0.111 e. The molecule has 2 atom stereocenters. The van der Waals surface area contributed by atoms with Crippen molar-refractivity contribution in [1.82, 2.24) is 5.32 Å². The number of ether oxygens (including phenoxy) is 1. The number of hydrogen-bond donors (Lipinski definition) is 1. The first-order valence-electron chi connectivity index (χ1n) is 6.08. The molecule has 1 heterocycles. The standard InChI is InChI=1S/C12H20N2O/c1-2-3-11-8-12(9-13,6-7-15-11)14-10-4-5-10/h10-11,14H,2-8H2,1H3. The third kappa shape index (κ3) is 2.70. The van der Waals surface area contributed by atoms with E-state index in [1.165, 1.54) is 12.8 Å². The summed E-state index contributed by atoms with van der Waals surface area (Å²) < 4.78 is 5.69. The maximum absolute atomic E-state index is 9.34. The molecule has 1 aliphatic carbocycles. The van der Waals surface area contributed by atoms with Crippen molar-refractivity contribution in [2.45, 2.75) is 63.1 Å². The highest BCUT2D eigenvalue weighted by atomic mass is 16.5. The van der Waals surface area contributed by atoms with Crippen LogP contribution < -0.4 is 5.32 Å². The van der Waals surface area contributed by atoms with Crippen molar-refractivity contribution in [3.8, 4) is 6.07 Å². The van der Waals surface area contributed by atoms with Crippen LogP contribution in [0.3, 0.4) is 0 Å². The Morgan fingerprint density at radius 2 is 2.33 bits per heavy atom. The van der Waals surface area contributed by atoms with E-state index in [2.05, 4.69) is 18.3 Å². The Morgan fingerprint density at radius 1 is 1.53 bits per heavy atom. The van der Waals surface area contributed by atoms with E-state index in [-0.39, 0.29) is 11.6 Å². The van der Waals surface area contributed by atoms with E-state index in [4.69, 9.17) is 4.74 Å². The van der Waals surface area contributed by atoms with Crippen molar-refractivity contribution in [3.05, 3.63) is 0 Å². The minimum Gasteiger partial charge on any atom is -0.378 e. The molecule has 0 bridgehead atoms. The first-order chi connectivity index (χ1) is 7.28. The fourth-order valence-electron chi connectivity index (χ4n) is 2.34. The maximum atomic E-state index is 9.34. The summed E-state index contributed by atoms with van der Waals surface area (Å²) in [5.41, 5.74) is -0.292. The lowest BCUT2D eigenvalue weighted by Gasteiger charge is -2.36. The molecule has 0 aromatic heterocycles. The molecule has 0 aromatic rings. The second-order valence-electron chi connectivity index (χ2n) is 4.85. The van der Waals surface area contributed by atoms with E-state index in [9.17, 15) is 5.26 Å². The molecule has 0 amide bonds. The Kier molecular flexibility index (Phi) is 3.28. The molecule has 3 nitrogen and oxygen atoms in total. The Labute approximate surface area is 91.8 Å². The van der Waals surface area contributed by atoms with Crippen LogP contribution in [-0.2, 0) is 4.74 Å². The summed E-state index contributed by atoms with van der Waals surface area (Å²) in [7, 11) is 0. The monoisotopic (exact) mass is 208 g/mol. The molecule has 2 rings (SSSR count). The molecule has 1 aliphatic heterocycles.